The molecule has 0 bridgehead atoms. The molecule has 0 saturated carbocycles. The van der Waals surface area contributed by atoms with Gasteiger partial charge in [-0.1, -0.05) is 11.6 Å². The standard InChI is InChI=1S/C10H13ClN4O3S2/c1-10(2,8(12)16)5-13-20(17,18)7-6(11)14-9-15(7)3-4-19-9/h3-4,13H,5H2,1-2H3,(H2,12,16). The molecular formula is C10H13ClN4O3S2. The summed E-state index contributed by atoms with van der Waals surface area (Å²) in [5.74, 6) is -0.597. The van der Waals surface area contributed by atoms with Crippen molar-refractivity contribution in [3.8, 4) is 0 Å². The lowest BCUT2D eigenvalue weighted by Crippen LogP contribution is -2.42. The summed E-state index contributed by atoms with van der Waals surface area (Å²) < 4.78 is 28.3. The fourth-order valence-corrected chi connectivity index (χ4v) is 4.07. The van der Waals surface area contributed by atoms with Crippen molar-refractivity contribution in [2.45, 2.75) is 18.9 Å². The molecule has 3 N–H and O–H groups in total. The average molecular weight is 337 g/mol. The van der Waals surface area contributed by atoms with E-state index < -0.39 is 21.3 Å². The molecule has 10 heteroatoms. The number of hydrogen-bond donors (Lipinski definition) is 2. The average Bonchev–Trinajstić information content (AvgIpc) is 2.85. The fraction of sp³-hybridized carbons (Fsp3) is 0.400. The Morgan fingerprint density at radius 2 is 2.25 bits per heavy atom. The predicted molar refractivity (Wildman–Crippen MR) is 76.2 cm³/mol. The molecule has 0 fully saturated rings. The number of aromatic nitrogens is 2. The second kappa shape index (κ2) is 4.99. The minimum absolute atomic E-state index is 0.110. The van der Waals surface area contributed by atoms with E-state index in [9.17, 15) is 13.2 Å². The van der Waals surface area contributed by atoms with Crippen molar-refractivity contribution in [3.63, 3.8) is 0 Å². The molecule has 0 aromatic carbocycles. The molecule has 2 heterocycles. The normalized spacial score (nSPS) is 12.9. The summed E-state index contributed by atoms with van der Waals surface area (Å²) in [6.45, 7) is 2.98. The Labute approximate surface area is 124 Å². The zero-order chi connectivity index (χ0) is 15.1. The van der Waals surface area contributed by atoms with Crippen molar-refractivity contribution < 1.29 is 13.2 Å². The summed E-state index contributed by atoms with van der Waals surface area (Å²) in [5, 5.41) is 1.45. The van der Waals surface area contributed by atoms with Crippen LogP contribution in [0.3, 0.4) is 0 Å². The lowest BCUT2D eigenvalue weighted by atomic mass is 9.93. The number of amides is 1. The van der Waals surface area contributed by atoms with Crippen molar-refractivity contribution in [1.29, 1.82) is 0 Å². The molecule has 110 valence electrons. The molecular weight excluding hydrogens is 324 g/mol. The van der Waals surface area contributed by atoms with Crippen LogP contribution in [0.5, 0.6) is 0 Å². The van der Waals surface area contributed by atoms with Gasteiger partial charge in [-0.2, -0.15) is 0 Å². The van der Waals surface area contributed by atoms with Crippen molar-refractivity contribution >= 4 is 43.8 Å². The number of carbonyl (C=O) groups is 1. The maximum Gasteiger partial charge on any atom is 0.259 e. The molecule has 0 aliphatic heterocycles. The van der Waals surface area contributed by atoms with E-state index in [-0.39, 0.29) is 16.7 Å². The Bertz CT molecular complexity index is 763. The van der Waals surface area contributed by atoms with E-state index in [1.165, 1.54) is 15.7 Å². The third-order valence-electron chi connectivity index (χ3n) is 2.80. The zero-order valence-corrected chi connectivity index (χ0v) is 13.1. The van der Waals surface area contributed by atoms with Crippen LogP contribution in [0.15, 0.2) is 16.6 Å². The molecule has 0 atom stereocenters. The van der Waals surface area contributed by atoms with Gasteiger partial charge in [0, 0.05) is 18.1 Å². The lowest BCUT2D eigenvalue weighted by molar-refractivity contribution is -0.125. The third kappa shape index (κ3) is 2.66. The zero-order valence-electron chi connectivity index (χ0n) is 10.8. The lowest BCUT2D eigenvalue weighted by Gasteiger charge is -2.20. The molecule has 0 aliphatic carbocycles. The first-order valence-electron chi connectivity index (χ1n) is 5.56. The quantitative estimate of drug-likeness (QED) is 0.843. The Hall–Kier alpha value is -1.16. The van der Waals surface area contributed by atoms with Crippen LogP contribution < -0.4 is 10.5 Å². The summed E-state index contributed by atoms with van der Waals surface area (Å²) in [6, 6.07) is 0. The van der Waals surface area contributed by atoms with Crippen LogP contribution in [-0.2, 0) is 14.8 Å². The van der Waals surface area contributed by atoms with Crippen LogP contribution in [0.4, 0.5) is 0 Å². The highest BCUT2D eigenvalue weighted by atomic mass is 35.5. The Kier molecular flexibility index (Phi) is 3.80. The minimum atomic E-state index is -3.89. The number of nitrogens with zero attached hydrogens (tertiary/aromatic N) is 2. The van der Waals surface area contributed by atoms with Gasteiger partial charge < -0.3 is 5.73 Å². The Morgan fingerprint density at radius 1 is 1.60 bits per heavy atom. The largest absolute Gasteiger partial charge is 0.369 e. The number of carbonyl (C=O) groups excluding carboxylic acids is 1. The molecule has 0 spiro atoms. The Morgan fingerprint density at radius 3 is 2.85 bits per heavy atom. The van der Waals surface area contributed by atoms with E-state index >= 15 is 0 Å². The summed E-state index contributed by atoms with van der Waals surface area (Å²) in [7, 11) is -3.89. The molecule has 0 radical (unpaired) electrons. The van der Waals surface area contributed by atoms with Crippen LogP contribution in [0.25, 0.3) is 4.96 Å². The second-order valence-electron chi connectivity index (χ2n) is 4.84. The van der Waals surface area contributed by atoms with Gasteiger partial charge in [0.2, 0.25) is 5.91 Å². The molecule has 1 amide bonds. The molecule has 7 nitrogen and oxygen atoms in total. The number of primary amides is 1. The first-order chi connectivity index (χ1) is 9.15. The van der Waals surface area contributed by atoms with Gasteiger partial charge in [0.15, 0.2) is 15.1 Å². The Balaban J connectivity index is 2.34. The summed E-state index contributed by atoms with van der Waals surface area (Å²) in [6.07, 6.45) is 1.56. The number of halogens is 1. The van der Waals surface area contributed by atoms with E-state index in [1.54, 1.807) is 25.4 Å². The first kappa shape index (κ1) is 15.2. The van der Waals surface area contributed by atoms with E-state index in [1.807, 2.05) is 0 Å². The molecule has 2 aromatic heterocycles. The van der Waals surface area contributed by atoms with E-state index in [2.05, 4.69) is 9.71 Å². The molecule has 2 aromatic rings. The predicted octanol–water partition coefficient (Wildman–Crippen LogP) is 0.839. The summed E-state index contributed by atoms with van der Waals surface area (Å²) in [4.78, 5) is 15.6. The van der Waals surface area contributed by atoms with Gasteiger partial charge in [-0.3, -0.25) is 9.20 Å². The summed E-state index contributed by atoms with van der Waals surface area (Å²) >= 11 is 7.14. The van der Waals surface area contributed by atoms with Gasteiger partial charge in [-0.05, 0) is 13.8 Å². The number of fused-ring (bicyclic) bond motifs is 1. The van der Waals surface area contributed by atoms with Crippen LogP contribution in [0, 0.1) is 5.41 Å². The van der Waals surface area contributed by atoms with Gasteiger partial charge in [-0.15, -0.1) is 11.3 Å². The highest BCUT2D eigenvalue weighted by molar-refractivity contribution is 7.89. The summed E-state index contributed by atoms with van der Waals surface area (Å²) in [5.41, 5.74) is 4.20. The molecule has 2 rings (SSSR count). The van der Waals surface area contributed by atoms with Crippen molar-refractivity contribution in [2.24, 2.45) is 11.1 Å². The van der Waals surface area contributed by atoms with Gasteiger partial charge in [-0.25, -0.2) is 18.1 Å². The van der Waals surface area contributed by atoms with E-state index in [4.69, 9.17) is 17.3 Å². The highest BCUT2D eigenvalue weighted by Crippen LogP contribution is 2.25. The van der Waals surface area contributed by atoms with Crippen LogP contribution in [-0.4, -0.2) is 30.3 Å². The number of imidazole rings is 1. The molecule has 0 saturated heterocycles. The van der Waals surface area contributed by atoms with Crippen molar-refractivity contribution in [1.82, 2.24) is 14.1 Å². The second-order valence-corrected chi connectivity index (χ2v) is 7.75. The number of nitrogens with two attached hydrogens (primary N) is 1. The fourth-order valence-electron chi connectivity index (χ4n) is 1.41. The van der Waals surface area contributed by atoms with Gasteiger partial charge in [0.25, 0.3) is 10.0 Å². The van der Waals surface area contributed by atoms with Gasteiger partial charge >= 0.3 is 0 Å². The van der Waals surface area contributed by atoms with Gasteiger partial charge in [0.1, 0.15) is 0 Å². The number of sulfonamides is 1. The van der Waals surface area contributed by atoms with E-state index in [0.29, 0.717) is 4.96 Å². The van der Waals surface area contributed by atoms with Gasteiger partial charge in [0.05, 0.1) is 5.41 Å². The number of rotatable bonds is 5. The highest BCUT2D eigenvalue weighted by Gasteiger charge is 2.30. The maximum absolute atomic E-state index is 12.3. The molecule has 0 aliphatic rings. The smallest absolute Gasteiger partial charge is 0.259 e. The maximum atomic E-state index is 12.3. The number of nitrogens with one attached hydrogen (secondary N) is 1. The van der Waals surface area contributed by atoms with Crippen LogP contribution in [0.1, 0.15) is 13.8 Å². The third-order valence-corrected chi connectivity index (χ3v) is 5.36. The SMILES string of the molecule is CC(C)(CNS(=O)(=O)c1c(Cl)nc2sccn12)C(N)=O. The first-order valence-corrected chi connectivity index (χ1v) is 8.30. The van der Waals surface area contributed by atoms with Crippen LogP contribution >= 0.6 is 22.9 Å². The molecule has 20 heavy (non-hydrogen) atoms. The minimum Gasteiger partial charge on any atom is -0.369 e. The molecule has 0 unspecified atom stereocenters. The number of thiazole rings is 1. The van der Waals surface area contributed by atoms with Crippen molar-refractivity contribution in [3.05, 3.63) is 16.7 Å². The van der Waals surface area contributed by atoms with Crippen LogP contribution in [0.2, 0.25) is 5.15 Å². The van der Waals surface area contributed by atoms with E-state index in [0.717, 1.165) is 0 Å². The number of hydrogen-bond acceptors (Lipinski definition) is 5. The monoisotopic (exact) mass is 336 g/mol. The topological polar surface area (TPSA) is 107 Å². The van der Waals surface area contributed by atoms with Crippen molar-refractivity contribution in [2.75, 3.05) is 6.54 Å².